The first-order valence-corrected chi connectivity index (χ1v) is 5.84. The van der Waals surface area contributed by atoms with Gasteiger partial charge in [-0.05, 0) is 12.8 Å². The molecular formula is C11H17NO4. The van der Waals surface area contributed by atoms with Gasteiger partial charge in [-0.25, -0.2) is 0 Å². The van der Waals surface area contributed by atoms with Gasteiger partial charge in [0.05, 0.1) is 12.5 Å². The summed E-state index contributed by atoms with van der Waals surface area (Å²) in [6, 6.07) is -0.327. The summed E-state index contributed by atoms with van der Waals surface area (Å²) < 4.78 is 10.8. The van der Waals surface area contributed by atoms with Gasteiger partial charge in [0.2, 0.25) is 12.7 Å². The third kappa shape index (κ3) is 2.72. The number of amides is 1. The molecule has 0 aromatic rings. The molecule has 0 aromatic heterocycles. The Morgan fingerprint density at radius 2 is 2.06 bits per heavy atom. The summed E-state index contributed by atoms with van der Waals surface area (Å²) >= 11 is 0. The van der Waals surface area contributed by atoms with E-state index in [-0.39, 0.29) is 24.5 Å². The van der Waals surface area contributed by atoms with E-state index >= 15 is 0 Å². The summed E-state index contributed by atoms with van der Waals surface area (Å²) in [6.07, 6.45) is 5.97. The molecule has 0 radical (unpaired) electrons. The average Bonchev–Trinajstić information content (AvgIpc) is 2.61. The zero-order valence-corrected chi connectivity index (χ0v) is 9.19. The van der Waals surface area contributed by atoms with Gasteiger partial charge in [0.1, 0.15) is 6.04 Å². The molecule has 2 fully saturated rings. The molecule has 1 aliphatic carbocycles. The molecule has 1 N–H and O–H groups in total. The molecule has 1 heterocycles. The quantitative estimate of drug-likeness (QED) is 0.568. The number of carbonyl (C=O) groups excluding carboxylic acids is 2. The Balaban J connectivity index is 1.86. The maximum Gasteiger partial charge on any atom is 0.310 e. The van der Waals surface area contributed by atoms with Gasteiger partial charge in [-0.2, -0.15) is 0 Å². The number of nitrogens with one attached hydrogen (secondary N) is 1. The summed E-state index contributed by atoms with van der Waals surface area (Å²) in [5, 5.41) is 2.56. The van der Waals surface area contributed by atoms with Crippen molar-refractivity contribution >= 4 is 12.4 Å². The highest BCUT2D eigenvalue weighted by molar-refractivity contribution is 5.73. The highest BCUT2D eigenvalue weighted by atomic mass is 16.7. The molecule has 1 saturated carbocycles. The van der Waals surface area contributed by atoms with Gasteiger partial charge < -0.3 is 14.8 Å². The fourth-order valence-electron chi connectivity index (χ4n) is 2.27. The van der Waals surface area contributed by atoms with Crippen LogP contribution in [0.5, 0.6) is 0 Å². The van der Waals surface area contributed by atoms with Crippen molar-refractivity contribution in [1.29, 1.82) is 0 Å². The number of esters is 1. The number of cyclic esters (lactones) is 1. The van der Waals surface area contributed by atoms with Crippen LogP contribution < -0.4 is 5.32 Å². The van der Waals surface area contributed by atoms with Crippen molar-refractivity contribution in [2.24, 2.45) is 0 Å². The molecule has 16 heavy (non-hydrogen) atoms. The molecule has 5 heteroatoms. The predicted octanol–water partition coefficient (Wildman–Crippen LogP) is 0.723. The van der Waals surface area contributed by atoms with Crippen LogP contribution in [0.15, 0.2) is 0 Å². The van der Waals surface area contributed by atoms with Crippen LogP contribution in [0.25, 0.3) is 0 Å². The van der Waals surface area contributed by atoms with Crippen LogP contribution >= 0.6 is 0 Å². The molecular weight excluding hydrogens is 210 g/mol. The van der Waals surface area contributed by atoms with E-state index in [0.717, 1.165) is 25.7 Å². The van der Waals surface area contributed by atoms with Crippen molar-refractivity contribution in [1.82, 2.24) is 5.32 Å². The van der Waals surface area contributed by atoms with Crippen LogP contribution in [-0.2, 0) is 19.1 Å². The lowest BCUT2D eigenvalue weighted by molar-refractivity contribution is -0.179. The molecule has 2 aliphatic rings. The second kappa shape index (κ2) is 5.30. The molecule has 2 unspecified atom stereocenters. The SMILES string of the molecule is O=CNC1CC(=O)OC1OC1CCCCC1. The number of hydrogen-bond acceptors (Lipinski definition) is 4. The predicted molar refractivity (Wildman–Crippen MR) is 55.4 cm³/mol. The van der Waals surface area contributed by atoms with Gasteiger partial charge in [0.25, 0.3) is 0 Å². The van der Waals surface area contributed by atoms with Crippen LogP contribution in [0.3, 0.4) is 0 Å². The summed E-state index contributed by atoms with van der Waals surface area (Å²) in [5.74, 6) is -0.305. The minimum absolute atomic E-state index is 0.167. The highest BCUT2D eigenvalue weighted by Gasteiger charge is 2.37. The molecule has 1 saturated heterocycles. The summed E-state index contributed by atoms with van der Waals surface area (Å²) in [6.45, 7) is 0. The van der Waals surface area contributed by atoms with Crippen molar-refractivity contribution < 1.29 is 19.1 Å². The van der Waals surface area contributed by atoms with Gasteiger partial charge in [0, 0.05) is 0 Å². The molecule has 1 amide bonds. The summed E-state index contributed by atoms with van der Waals surface area (Å²) in [7, 11) is 0. The van der Waals surface area contributed by atoms with E-state index in [2.05, 4.69) is 5.32 Å². The first kappa shape index (κ1) is 11.4. The molecule has 2 rings (SSSR count). The number of carbonyl (C=O) groups is 2. The van der Waals surface area contributed by atoms with E-state index in [1.54, 1.807) is 0 Å². The van der Waals surface area contributed by atoms with Crippen LogP contribution in [0.4, 0.5) is 0 Å². The van der Waals surface area contributed by atoms with Crippen LogP contribution in [0, 0.1) is 0 Å². The van der Waals surface area contributed by atoms with Crippen molar-refractivity contribution in [2.75, 3.05) is 0 Å². The Kier molecular flexibility index (Phi) is 3.77. The fraction of sp³-hybridized carbons (Fsp3) is 0.818. The topological polar surface area (TPSA) is 64.6 Å². The number of rotatable bonds is 4. The Bertz CT molecular complexity index is 263. The van der Waals surface area contributed by atoms with E-state index in [4.69, 9.17) is 9.47 Å². The third-order valence-corrected chi connectivity index (χ3v) is 3.12. The van der Waals surface area contributed by atoms with Crippen molar-refractivity contribution in [3.8, 4) is 0 Å². The Labute approximate surface area is 94.5 Å². The Morgan fingerprint density at radius 1 is 1.31 bits per heavy atom. The standard InChI is InChI=1S/C11H17NO4/c13-7-12-9-6-10(14)16-11(9)15-8-4-2-1-3-5-8/h7-9,11H,1-6H2,(H,12,13). The second-order valence-corrected chi connectivity index (χ2v) is 4.35. The van der Waals surface area contributed by atoms with E-state index in [9.17, 15) is 9.59 Å². The minimum Gasteiger partial charge on any atom is -0.433 e. The summed E-state index contributed by atoms with van der Waals surface area (Å²) in [5.41, 5.74) is 0. The lowest BCUT2D eigenvalue weighted by atomic mass is 9.98. The zero-order chi connectivity index (χ0) is 11.4. The van der Waals surface area contributed by atoms with Crippen molar-refractivity contribution in [3.05, 3.63) is 0 Å². The summed E-state index contributed by atoms with van der Waals surface area (Å²) in [4.78, 5) is 21.5. The first-order chi connectivity index (χ1) is 7.79. The number of ether oxygens (including phenoxy) is 2. The fourth-order valence-corrected chi connectivity index (χ4v) is 2.27. The van der Waals surface area contributed by atoms with Gasteiger partial charge in [-0.3, -0.25) is 9.59 Å². The van der Waals surface area contributed by atoms with E-state index in [1.165, 1.54) is 6.42 Å². The Morgan fingerprint density at radius 3 is 2.75 bits per heavy atom. The monoisotopic (exact) mass is 227 g/mol. The lowest BCUT2D eigenvalue weighted by Crippen LogP contribution is -2.39. The second-order valence-electron chi connectivity index (χ2n) is 4.35. The third-order valence-electron chi connectivity index (χ3n) is 3.12. The maximum atomic E-state index is 11.1. The van der Waals surface area contributed by atoms with Gasteiger partial charge in [-0.1, -0.05) is 19.3 Å². The Hall–Kier alpha value is -1.10. The van der Waals surface area contributed by atoms with Gasteiger partial charge in [0.15, 0.2) is 0 Å². The maximum absolute atomic E-state index is 11.1. The van der Waals surface area contributed by atoms with Gasteiger partial charge >= 0.3 is 5.97 Å². The normalized spacial score (nSPS) is 31.1. The van der Waals surface area contributed by atoms with Gasteiger partial charge in [-0.15, -0.1) is 0 Å². The molecule has 0 spiro atoms. The molecule has 5 nitrogen and oxygen atoms in total. The minimum atomic E-state index is -0.596. The molecule has 0 bridgehead atoms. The highest BCUT2D eigenvalue weighted by Crippen LogP contribution is 2.25. The van der Waals surface area contributed by atoms with E-state index < -0.39 is 6.29 Å². The number of hydrogen-bond donors (Lipinski definition) is 1. The van der Waals surface area contributed by atoms with Crippen molar-refractivity contribution in [2.45, 2.75) is 57.0 Å². The molecule has 1 aliphatic heterocycles. The lowest BCUT2D eigenvalue weighted by Gasteiger charge is -2.26. The molecule has 90 valence electrons. The average molecular weight is 227 g/mol. The first-order valence-electron chi connectivity index (χ1n) is 5.84. The smallest absolute Gasteiger partial charge is 0.310 e. The zero-order valence-electron chi connectivity index (χ0n) is 9.19. The van der Waals surface area contributed by atoms with Crippen LogP contribution in [-0.4, -0.2) is 30.8 Å². The molecule has 2 atom stereocenters. The van der Waals surface area contributed by atoms with Crippen LogP contribution in [0.2, 0.25) is 0 Å². The largest absolute Gasteiger partial charge is 0.433 e. The van der Waals surface area contributed by atoms with Crippen molar-refractivity contribution in [3.63, 3.8) is 0 Å². The van der Waals surface area contributed by atoms with Crippen LogP contribution in [0.1, 0.15) is 38.5 Å². The van der Waals surface area contributed by atoms with E-state index in [1.807, 2.05) is 0 Å². The molecule has 0 aromatic carbocycles. The van der Waals surface area contributed by atoms with E-state index in [0.29, 0.717) is 6.41 Å².